The van der Waals surface area contributed by atoms with E-state index in [1.165, 1.54) is 29.2 Å². The van der Waals surface area contributed by atoms with E-state index in [0.717, 1.165) is 9.87 Å². The van der Waals surface area contributed by atoms with E-state index in [0.29, 0.717) is 24.1 Å². The number of nitrogens with zero attached hydrogens (tertiary/aromatic N) is 2. The molecule has 3 aromatic carbocycles. The molecule has 1 unspecified atom stereocenters. The van der Waals surface area contributed by atoms with Crippen molar-refractivity contribution in [1.82, 2.24) is 10.2 Å². The van der Waals surface area contributed by atoms with Gasteiger partial charge in [0.05, 0.1) is 10.6 Å². The SMILES string of the molecule is CCc1ccccc1N(CC(=O)N(Cc1ccc(F)cc1)C(CC)C(=O)NC(C)(C)C)S(=O)(=O)c1ccccc1. The van der Waals surface area contributed by atoms with Gasteiger partial charge in [0.15, 0.2) is 0 Å². The normalized spacial score (nSPS) is 12.4. The summed E-state index contributed by atoms with van der Waals surface area (Å²) in [7, 11) is -4.14. The van der Waals surface area contributed by atoms with Crippen LogP contribution in [0.1, 0.15) is 52.2 Å². The lowest BCUT2D eigenvalue weighted by atomic mass is 10.1. The third kappa shape index (κ3) is 7.69. The Morgan fingerprint density at radius 3 is 2.08 bits per heavy atom. The number of hydrogen-bond acceptors (Lipinski definition) is 4. The second kappa shape index (κ2) is 13.1. The number of hydrogen-bond donors (Lipinski definition) is 1. The average Bonchev–Trinajstić information content (AvgIpc) is 2.92. The highest BCUT2D eigenvalue weighted by Gasteiger charge is 2.35. The molecule has 7 nitrogen and oxygen atoms in total. The van der Waals surface area contributed by atoms with Gasteiger partial charge in [-0.1, -0.05) is 62.4 Å². The number of sulfonamides is 1. The van der Waals surface area contributed by atoms with Crippen LogP contribution in [-0.4, -0.2) is 43.3 Å². The third-order valence-corrected chi connectivity index (χ3v) is 8.18. The maximum absolute atomic E-state index is 14.1. The van der Waals surface area contributed by atoms with Gasteiger partial charge in [0.25, 0.3) is 10.0 Å². The van der Waals surface area contributed by atoms with Crippen molar-refractivity contribution < 1.29 is 22.4 Å². The van der Waals surface area contributed by atoms with Crippen LogP contribution in [0.3, 0.4) is 0 Å². The molecule has 3 rings (SSSR count). The number of para-hydroxylation sites is 1. The van der Waals surface area contributed by atoms with Crippen LogP contribution in [-0.2, 0) is 32.6 Å². The first-order valence-electron chi connectivity index (χ1n) is 13.4. The molecule has 214 valence electrons. The Labute approximate surface area is 237 Å². The van der Waals surface area contributed by atoms with Gasteiger partial charge in [-0.3, -0.25) is 13.9 Å². The lowest BCUT2D eigenvalue weighted by Crippen LogP contribution is -2.55. The molecule has 0 fully saturated rings. The summed E-state index contributed by atoms with van der Waals surface area (Å²) in [6, 6.07) is 19.8. The Morgan fingerprint density at radius 2 is 1.50 bits per heavy atom. The van der Waals surface area contributed by atoms with Crippen LogP contribution in [0.15, 0.2) is 83.8 Å². The Hall–Kier alpha value is -3.72. The molecule has 0 saturated carbocycles. The lowest BCUT2D eigenvalue weighted by molar-refractivity contribution is -0.141. The molecule has 0 heterocycles. The number of carbonyl (C=O) groups excluding carboxylic acids is 2. The average molecular weight is 568 g/mol. The molecule has 0 radical (unpaired) electrons. The topological polar surface area (TPSA) is 86.8 Å². The zero-order valence-electron chi connectivity index (χ0n) is 23.7. The molecule has 1 atom stereocenters. The third-order valence-electron chi connectivity index (χ3n) is 6.40. The monoisotopic (exact) mass is 567 g/mol. The maximum Gasteiger partial charge on any atom is 0.264 e. The molecule has 0 aromatic heterocycles. The zero-order valence-corrected chi connectivity index (χ0v) is 24.5. The van der Waals surface area contributed by atoms with Crippen LogP contribution >= 0.6 is 0 Å². The number of rotatable bonds is 11. The summed E-state index contributed by atoms with van der Waals surface area (Å²) in [4.78, 5) is 28.9. The second-order valence-electron chi connectivity index (χ2n) is 10.6. The van der Waals surface area contributed by atoms with E-state index in [-0.39, 0.29) is 17.3 Å². The maximum atomic E-state index is 14.1. The van der Waals surface area contributed by atoms with Gasteiger partial charge in [-0.25, -0.2) is 12.8 Å². The number of halogens is 1. The van der Waals surface area contributed by atoms with E-state index in [4.69, 9.17) is 0 Å². The van der Waals surface area contributed by atoms with Crippen molar-refractivity contribution >= 4 is 27.5 Å². The Bertz CT molecular complexity index is 1400. The molecule has 40 heavy (non-hydrogen) atoms. The smallest absolute Gasteiger partial charge is 0.264 e. The fourth-order valence-corrected chi connectivity index (χ4v) is 5.92. The summed E-state index contributed by atoms with van der Waals surface area (Å²) in [5, 5.41) is 2.94. The molecule has 1 N–H and O–H groups in total. The van der Waals surface area contributed by atoms with E-state index in [1.54, 1.807) is 49.4 Å². The minimum Gasteiger partial charge on any atom is -0.350 e. The van der Waals surface area contributed by atoms with Crippen LogP contribution in [0.4, 0.5) is 10.1 Å². The van der Waals surface area contributed by atoms with Crippen molar-refractivity contribution in [2.45, 2.75) is 70.5 Å². The van der Waals surface area contributed by atoms with E-state index in [1.807, 2.05) is 39.8 Å². The number of carbonyl (C=O) groups is 2. The first-order chi connectivity index (χ1) is 18.9. The van der Waals surface area contributed by atoms with E-state index < -0.39 is 39.9 Å². The minimum absolute atomic E-state index is 0.00380. The summed E-state index contributed by atoms with van der Waals surface area (Å²) in [5.74, 6) is -1.32. The summed E-state index contributed by atoms with van der Waals surface area (Å²) in [6.45, 7) is 8.73. The van der Waals surface area contributed by atoms with Gasteiger partial charge < -0.3 is 10.2 Å². The fourth-order valence-electron chi connectivity index (χ4n) is 4.45. The molecular weight excluding hydrogens is 529 g/mol. The molecule has 0 saturated heterocycles. The molecule has 3 aromatic rings. The summed E-state index contributed by atoms with van der Waals surface area (Å²) < 4.78 is 42.6. The highest BCUT2D eigenvalue weighted by molar-refractivity contribution is 7.92. The first-order valence-corrected chi connectivity index (χ1v) is 14.8. The number of amides is 2. The van der Waals surface area contributed by atoms with Gasteiger partial charge in [-0.15, -0.1) is 0 Å². The Kier molecular flexibility index (Phi) is 10.1. The highest BCUT2D eigenvalue weighted by Crippen LogP contribution is 2.28. The molecule has 0 aliphatic rings. The van der Waals surface area contributed by atoms with Crippen molar-refractivity contribution in [3.8, 4) is 0 Å². The highest BCUT2D eigenvalue weighted by atomic mass is 32.2. The van der Waals surface area contributed by atoms with Gasteiger partial charge in [0.2, 0.25) is 11.8 Å². The second-order valence-corrected chi connectivity index (χ2v) is 12.5. The largest absolute Gasteiger partial charge is 0.350 e. The predicted octanol–water partition coefficient (Wildman–Crippen LogP) is 5.31. The van der Waals surface area contributed by atoms with Crippen LogP contribution in [0.25, 0.3) is 0 Å². The van der Waals surface area contributed by atoms with Crippen LogP contribution in [0, 0.1) is 5.82 Å². The molecule has 2 amide bonds. The Morgan fingerprint density at radius 1 is 0.900 bits per heavy atom. The molecule has 0 aliphatic heterocycles. The molecule has 0 aliphatic carbocycles. The number of aryl methyl sites for hydroxylation is 1. The molecule has 0 spiro atoms. The zero-order chi connectivity index (χ0) is 29.5. The van der Waals surface area contributed by atoms with Gasteiger partial charge in [0, 0.05) is 12.1 Å². The molecular formula is C31H38FN3O4S. The van der Waals surface area contributed by atoms with Crippen molar-refractivity contribution in [1.29, 1.82) is 0 Å². The minimum atomic E-state index is -4.14. The standard InChI is InChI=1S/C31H38FN3O4S/c1-6-24-13-11-12-16-28(24)35(40(38,39)26-14-9-8-10-15-26)22-29(36)34(21-23-17-19-25(32)20-18-23)27(7-2)30(37)33-31(3,4)5/h8-20,27H,6-7,21-22H2,1-5H3,(H,33,37). The van der Waals surface area contributed by atoms with Gasteiger partial charge in [-0.05, 0) is 75.1 Å². The number of nitrogens with one attached hydrogen (secondary N) is 1. The summed E-state index contributed by atoms with van der Waals surface area (Å²) >= 11 is 0. The summed E-state index contributed by atoms with van der Waals surface area (Å²) in [5.41, 5.74) is 1.23. The van der Waals surface area contributed by atoms with Crippen molar-refractivity contribution in [2.75, 3.05) is 10.8 Å². The van der Waals surface area contributed by atoms with Crippen molar-refractivity contribution in [2.24, 2.45) is 0 Å². The van der Waals surface area contributed by atoms with Gasteiger partial charge in [-0.2, -0.15) is 0 Å². The van der Waals surface area contributed by atoms with Crippen LogP contribution in [0.5, 0.6) is 0 Å². The molecule has 0 bridgehead atoms. The van der Waals surface area contributed by atoms with Crippen LogP contribution < -0.4 is 9.62 Å². The van der Waals surface area contributed by atoms with E-state index in [2.05, 4.69) is 5.32 Å². The van der Waals surface area contributed by atoms with Crippen molar-refractivity contribution in [3.63, 3.8) is 0 Å². The van der Waals surface area contributed by atoms with E-state index in [9.17, 15) is 22.4 Å². The number of anilines is 1. The predicted molar refractivity (Wildman–Crippen MR) is 156 cm³/mol. The Balaban J connectivity index is 2.09. The van der Waals surface area contributed by atoms with Crippen molar-refractivity contribution in [3.05, 3.63) is 95.8 Å². The quantitative estimate of drug-likeness (QED) is 0.341. The molecule has 9 heteroatoms. The first kappa shape index (κ1) is 30.8. The number of benzene rings is 3. The van der Waals surface area contributed by atoms with Crippen LogP contribution in [0.2, 0.25) is 0 Å². The fraction of sp³-hybridized carbons (Fsp3) is 0.355. The van der Waals surface area contributed by atoms with E-state index >= 15 is 0 Å². The lowest BCUT2D eigenvalue weighted by Gasteiger charge is -2.35. The van der Waals surface area contributed by atoms with Gasteiger partial charge in [0.1, 0.15) is 18.4 Å². The van der Waals surface area contributed by atoms with Gasteiger partial charge >= 0.3 is 0 Å². The summed E-state index contributed by atoms with van der Waals surface area (Å²) in [6.07, 6.45) is 0.849.